The van der Waals surface area contributed by atoms with Gasteiger partial charge in [0.1, 0.15) is 6.08 Å². The third-order valence-electron chi connectivity index (χ3n) is 0.457. The van der Waals surface area contributed by atoms with Gasteiger partial charge in [-0.05, 0) is 0 Å². The summed E-state index contributed by atoms with van der Waals surface area (Å²) in [5, 5.41) is 9.57. The molecule has 0 aromatic carbocycles. The van der Waals surface area contributed by atoms with Crippen LogP contribution in [0.4, 0.5) is 13.2 Å². The minimum atomic E-state index is -4.65. The van der Waals surface area contributed by atoms with E-state index in [1.165, 1.54) is 0 Å². The van der Waals surface area contributed by atoms with Crippen molar-refractivity contribution in [3.05, 3.63) is 20.8 Å². The van der Waals surface area contributed by atoms with Gasteiger partial charge in [-0.2, -0.15) is 13.2 Å². The van der Waals surface area contributed by atoms with Gasteiger partial charge in [-0.3, -0.25) is 10.1 Å². The quantitative estimate of drug-likeness (QED) is 0.385. The van der Waals surface area contributed by atoms with Crippen LogP contribution in [0.25, 0.3) is 0 Å². The van der Waals surface area contributed by atoms with E-state index >= 15 is 0 Å². The van der Waals surface area contributed by atoms with Crippen LogP contribution in [-0.4, -0.2) is 11.1 Å². The first-order valence-corrected chi connectivity index (χ1v) is 2.72. The van der Waals surface area contributed by atoms with E-state index in [-0.39, 0.29) is 0 Å². The van der Waals surface area contributed by atoms with Crippen molar-refractivity contribution in [2.45, 2.75) is 6.18 Å². The molecule has 0 aliphatic rings. The summed E-state index contributed by atoms with van der Waals surface area (Å²) in [6, 6.07) is 0. The van der Waals surface area contributed by atoms with Crippen molar-refractivity contribution in [3.63, 3.8) is 0 Å². The summed E-state index contributed by atoms with van der Waals surface area (Å²) in [6.45, 7) is 0. The summed E-state index contributed by atoms with van der Waals surface area (Å²) in [7, 11) is 0. The average molecular weight is 220 g/mol. The number of nitrogens with zero attached hydrogens (tertiary/aromatic N) is 1. The molecule has 0 radical (unpaired) electrons. The third-order valence-corrected chi connectivity index (χ3v) is 0.976. The van der Waals surface area contributed by atoms with Crippen molar-refractivity contribution in [1.82, 2.24) is 0 Å². The van der Waals surface area contributed by atoms with E-state index < -0.39 is 21.8 Å². The zero-order valence-corrected chi connectivity index (χ0v) is 5.94. The highest BCUT2D eigenvalue weighted by atomic mass is 79.9. The van der Waals surface area contributed by atoms with Gasteiger partial charge in [0.25, 0.3) is 0 Å². The molecule has 0 saturated heterocycles. The molecule has 0 N–H and O–H groups in total. The lowest BCUT2D eigenvalue weighted by molar-refractivity contribution is -0.410. The molecular weight excluding hydrogens is 219 g/mol. The Balaban J connectivity index is 4.32. The Morgan fingerprint density at radius 3 is 2.10 bits per heavy atom. The van der Waals surface area contributed by atoms with Crippen LogP contribution >= 0.6 is 15.9 Å². The predicted molar refractivity (Wildman–Crippen MR) is 30.1 cm³/mol. The van der Waals surface area contributed by atoms with Gasteiger partial charge in [-0.1, -0.05) is 0 Å². The molecule has 0 aromatic heterocycles. The number of halogens is 4. The van der Waals surface area contributed by atoms with Gasteiger partial charge >= 0.3 is 10.8 Å². The largest absolute Gasteiger partial charge is 0.416 e. The van der Waals surface area contributed by atoms with Crippen molar-refractivity contribution in [3.8, 4) is 0 Å². The summed E-state index contributed by atoms with van der Waals surface area (Å²) >= 11 is 2.12. The second-order valence-electron chi connectivity index (χ2n) is 1.27. The van der Waals surface area contributed by atoms with Crippen LogP contribution in [0, 0.1) is 10.1 Å². The molecule has 0 amide bonds. The van der Waals surface area contributed by atoms with Crippen LogP contribution in [0.1, 0.15) is 0 Å². The number of allylic oxidation sites excluding steroid dienone is 1. The molecular formula is C3HBrF3NO2. The molecule has 0 saturated carbocycles. The molecule has 58 valence electrons. The van der Waals surface area contributed by atoms with Crippen molar-refractivity contribution in [1.29, 1.82) is 0 Å². The fourth-order valence-electron chi connectivity index (χ4n) is 0.188. The first kappa shape index (κ1) is 9.41. The molecule has 0 rings (SSSR count). The van der Waals surface area contributed by atoms with Gasteiger partial charge in [0.15, 0.2) is 0 Å². The molecule has 0 aromatic rings. The van der Waals surface area contributed by atoms with Crippen LogP contribution < -0.4 is 0 Å². The van der Waals surface area contributed by atoms with E-state index in [0.29, 0.717) is 0 Å². The second-order valence-corrected chi connectivity index (χ2v) is 2.08. The van der Waals surface area contributed by atoms with E-state index in [1.807, 2.05) is 0 Å². The van der Waals surface area contributed by atoms with Gasteiger partial charge in [0.05, 0.1) is 4.92 Å². The lowest BCUT2D eigenvalue weighted by atomic mass is 10.6. The summed E-state index contributed by atoms with van der Waals surface area (Å²) < 4.78 is 32.7. The Hall–Kier alpha value is -0.590. The average Bonchev–Trinajstić information content (AvgIpc) is 1.60. The van der Waals surface area contributed by atoms with E-state index in [0.717, 1.165) is 0 Å². The van der Waals surface area contributed by atoms with E-state index in [1.54, 1.807) is 0 Å². The maximum atomic E-state index is 11.3. The fourth-order valence-corrected chi connectivity index (χ4v) is 0.447. The Kier molecular flexibility index (Phi) is 2.82. The SMILES string of the molecule is O=[N+]([O-])/C(Br)=C/C(F)(F)F. The van der Waals surface area contributed by atoms with Crippen LogP contribution in [0.5, 0.6) is 0 Å². The zero-order valence-electron chi connectivity index (χ0n) is 4.35. The Labute approximate surface area is 61.8 Å². The highest BCUT2D eigenvalue weighted by molar-refractivity contribution is 9.11. The first-order valence-electron chi connectivity index (χ1n) is 1.92. The van der Waals surface area contributed by atoms with Crippen molar-refractivity contribution >= 4 is 15.9 Å². The molecule has 10 heavy (non-hydrogen) atoms. The van der Waals surface area contributed by atoms with Crippen molar-refractivity contribution in [2.24, 2.45) is 0 Å². The number of alkyl halides is 3. The minimum absolute atomic E-state index is 0.438. The number of rotatable bonds is 1. The maximum absolute atomic E-state index is 11.3. The topological polar surface area (TPSA) is 43.1 Å². The molecule has 7 heteroatoms. The molecule has 0 spiro atoms. The number of hydrogen-bond acceptors (Lipinski definition) is 2. The van der Waals surface area contributed by atoms with Gasteiger partial charge in [-0.25, -0.2) is 0 Å². The van der Waals surface area contributed by atoms with Crippen LogP contribution in [-0.2, 0) is 0 Å². The Morgan fingerprint density at radius 1 is 1.60 bits per heavy atom. The summed E-state index contributed by atoms with van der Waals surface area (Å²) in [5.41, 5.74) is 0. The van der Waals surface area contributed by atoms with E-state index in [2.05, 4.69) is 15.9 Å². The normalized spacial score (nSPS) is 13.4. The lowest BCUT2D eigenvalue weighted by Crippen LogP contribution is -2.04. The molecule has 0 unspecified atom stereocenters. The maximum Gasteiger partial charge on any atom is 0.416 e. The van der Waals surface area contributed by atoms with Gasteiger partial charge in [0, 0.05) is 15.9 Å². The molecule has 0 fully saturated rings. The van der Waals surface area contributed by atoms with Crippen molar-refractivity contribution in [2.75, 3.05) is 0 Å². The lowest BCUT2D eigenvalue weighted by Gasteiger charge is -1.94. The Morgan fingerprint density at radius 2 is 2.00 bits per heavy atom. The molecule has 3 nitrogen and oxygen atoms in total. The molecule has 0 aliphatic carbocycles. The molecule has 0 bridgehead atoms. The van der Waals surface area contributed by atoms with E-state index in [4.69, 9.17) is 0 Å². The second kappa shape index (κ2) is 3.00. The summed E-state index contributed by atoms with van der Waals surface area (Å²) in [5.74, 6) is 0. The number of nitro groups is 1. The van der Waals surface area contributed by atoms with Gasteiger partial charge in [0.2, 0.25) is 0 Å². The predicted octanol–water partition coefficient (Wildman–Crippen LogP) is 2.06. The third kappa shape index (κ3) is 4.30. The monoisotopic (exact) mass is 219 g/mol. The highest BCUT2D eigenvalue weighted by Gasteiger charge is 2.28. The van der Waals surface area contributed by atoms with Crippen LogP contribution in [0.3, 0.4) is 0 Å². The highest BCUT2D eigenvalue weighted by Crippen LogP contribution is 2.20. The molecule has 0 aliphatic heterocycles. The van der Waals surface area contributed by atoms with Crippen molar-refractivity contribution < 1.29 is 18.1 Å². The summed E-state index contributed by atoms with van der Waals surface area (Å²) in [4.78, 5) is 8.39. The van der Waals surface area contributed by atoms with Crippen LogP contribution in [0.2, 0.25) is 0 Å². The minimum Gasteiger partial charge on any atom is -0.258 e. The first-order chi connectivity index (χ1) is 4.33. The van der Waals surface area contributed by atoms with E-state index in [9.17, 15) is 23.3 Å². The van der Waals surface area contributed by atoms with Gasteiger partial charge < -0.3 is 0 Å². The Bertz CT molecular complexity index is 175. The molecule has 0 heterocycles. The standard InChI is InChI=1S/C3HBrF3NO2/c4-2(8(9)10)1-3(5,6)7/h1H/b2-1+. The summed E-state index contributed by atoms with van der Waals surface area (Å²) in [6.07, 6.45) is -5.08. The van der Waals surface area contributed by atoms with Gasteiger partial charge in [-0.15, -0.1) is 0 Å². The smallest absolute Gasteiger partial charge is 0.258 e. The fraction of sp³-hybridized carbons (Fsp3) is 0.333. The zero-order chi connectivity index (χ0) is 8.36. The van der Waals surface area contributed by atoms with Crippen LogP contribution in [0.15, 0.2) is 10.7 Å². The number of hydrogen-bond donors (Lipinski definition) is 0. The molecule has 0 atom stereocenters.